The van der Waals surface area contributed by atoms with E-state index in [2.05, 4.69) is 16.0 Å². The average Bonchev–Trinajstić information content (AvgIpc) is 2.77. The van der Waals surface area contributed by atoms with Crippen molar-refractivity contribution in [2.75, 3.05) is 18.1 Å². The minimum absolute atomic E-state index is 0.0195. The third-order valence-corrected chi connectivity index (χ3v) is 8.16. The fraction of sp³-hybridized carbons (Fsp3) is 0.708. The Hall–Kier alpha value is -2.01. The quantitative estimate of drug-likeness (QED) is 0.289. The molecule has 0 radical (unpaired) electrons. The van der Waals surface area contributed by atoms with Crippen LogP contribution >= 0.6 is 21.6 Å². The van der Waals surface area contributed by atoms with Crippen molar-refractivity contribution < 1.29 is 28.7 Å². The molecular formula is C24H37N3O6S2. The Kier molecular flexibility index (Phi) is 12.1. The highest BCUT2D eigenvalue weighted by Crippen LogP contribution is 2.25. The Morgan fingerprint density at radius 2 is 1.71 bits per heavy atom. The summed E-state index contributed by atoms with van der Waals surface area (Å²) in [5, 5.41) is 8.12. The van der Waals surface area contributed by atoms with E-state index in [0.29, 0.717) is 18.6 Å². The molecule has 3 amide bonds. The molecule has 0 aromatic heterocycles. The summed E-state index contributed by atoms with van der Waals surface area (Å²) >= 11 is 0. The molecule has 0 saturated carbocycles. The van der Waals surface area contributed by atoms with Gasteiger partial charge in [-0.1, -0.05) is 55.4 Å². The predicted octanol–water partition coefficient (Wildman–Crippen LogP) is 2.01. The molecule has 11 heteroatoms. The largest absolute Gasteiger partial charge is 0.456 e. The number of rotatable bonds is 3. The van der Waals surface area contributed by atoms with Crippen LogP contribution in [0.25, 0.3) is 0 Å². The van der Waals surface area contributed by atoms with Gasteiger partial charge in [-0.3, -0.25) is 24.0 Å². The third kappa shape index (κ3) is 10.2. The monoisotopic (exact) mass is 527 g/mol. The molecule has 2 aliphatic heterocycles. The summed E-state index contributed by atoms with van der Waals surface area (Å²) in [5.41, 5.74) is 0. The standard InChI is InChI=1S/C24H37N3O6S2/c1-14(2)9-19-23(31)25-12-21(29)33-17-7-5-6-8-34-35-13-20(24(32)26-19)27-22(30)18(15(3)4)11-16(28)10-17/h5,7,14-15,17-20H,6,8-13H2,1-4H3,(H,25,31)(H,26,32)(H,27,30)/b7-5+/t17?,18-,19+,20-/m1/s1. The van der Waals surface area contributed by atoms with E-state index < -0.39 is 41.9 Å². The summed E-state index contributed by atoms with van der Waals surface area (Å²) in [6.07, 6.45) is 3.75. The number of Topliss-reactive ketones (excluding diaryl/α,β-unsaturated/α-hetero) is 1. The summed E-state index contributed by atoms with van der Waals surface area (Å²) in [4.78, 5) is 64.6. The zero-order valence-corrected chi connectivity index (χ0v) is 22.5. The second-order valence-electron chi connectivity index (χ2n) is 9.62. The first-order valence-electron chi connectivity index (χ1n) is 12.1. The lowest BCUT2D eigenvalue weighted by atomic mass is 9.88. The maximum absolute atomic E-state index is 13.2. The Morgan fingerprint density at radius 1 is 0.971 bits per heavy atom. The molecule has 0 aromatic rings. The molecular weight excluding hydrogens is 490 g/mol. The van der Waals surface area contributed by atoms with Gasteiger partial charge in [-0.2, -0.15) is 0 Å². The van der Waals surface area contributed by atoms with Crippen LogP contribution in [0.2, 0.25) is 0 Å². The summed E-state index contributed by atoms with van der Waals surface area (Å²) in [5.74, 6) is -1.87. The topological polar surface area (TPSA) is 131 Å². The number of carbonyl (C=O) groups is 5. The lowest BCUT2D eigenvalue weighted by Gasteiger charge is -2.27. The van der Waals surface area contributed by atoms with Crippen molar-refractivity contribution in [1.82, 2.24) is 16.0 Å². The van der Waals surface area contributed by atoms with Crippen LogP contribution in [0.5, 0.6) is 0 Å². The van der Waals surface area contributed by atoms with Crippen LogP contribution in [0.3, 0.4) is 0 Å². The highest BCUT2D eigenvalue weighted by atomic mass is 33.1. The van der Waals surface area contributed by atoms with Crippen LogP contribution in [-0.4, -0.2) is 65.7 Å². The smallest absolute Gasteiger partial charge is 0.326 e. The van der Waals surface area contributed by atoms with Gasteiger partial charge in [-0.15, -0.1) is 0 Å². The Balaban J connectivity index is 2.45. The fourth-order valence-corrected chi connectivity index (χ4v) is 5.96. The Morgan fingerprint density at radius 3 is 2.40 bits per heavy atom. The van der Waals surface area contributed by atoms with Gasteiger partial charge in [0.1, 0.15) is 30.5 Å². The van der Waals surface area contributed by atoms with Crippen molar-refractivity contribution >= 4 is 51.1 Å². The highest BCUT2D eigenvalue weighted by Gasteiger charge is 2.32. The lowest BCUT2D eigenvalue weighted by Crippen LogP contribution is -2.56. The van der Waals surface area contributed by atoms with Crippen molar-refractivity contribution in [3.63, 3.8) is 0 Å². The van der Waals surface area contributed by atoms with E-state index in [1.54, 1.807) is 16.9 Å². The molecule has 1 saturated heterocycles. The van der Waals surface area contributed by atoms with Gasteiger partial charge in [0.15, 0.2) is 0 Å². The molecule has 1 fully saturated rings. The number of allylic oxidation sites excluding steroid dienone is 1. The van der Waals surface area contributed by atoms with Crippen LogP contribution in [-0.2, 0) is 28.7 Å². The van der Waals surface area contributed by atoms with Crippen LogP contribution in [0.1, 0.15) is 53.4 Å². The normalized spacial score (nSPS) is 29.1. The van der Waals surface area contributed by atoms with Gasteiger partial charge in [-0.05, 0) is 30.8 Å². The van der Waals surface area contributed by atoms with E-state index in [1.807, 2.05) is 33.8 Å². The highest BCUT2D eigenvalue weighted by molar-refractivity contribution is 8.76. The molecule has 9 nitrogen and oxygen atoms in total. The molecule has 0 spiro atoms. The Labute approximate surface area is 215 Å². The minimum atomic E-state index is -0.870. The van der Waals surface area contributed by atoms with Gasteiger partial charge in [-0.25, -0.2) is 0 Å². The fourth-order valence-electron chi connectivity index (χ4n) is 3.80. The third-order valence-electron chi connectivity index (χ3n) is 5.72. The molecule has 2 aliphatic rings. The lowest BCUT2D eigenvalue weighted by molar-refractivity contribution is -0.148. The van der Waals surface area contributed by atoms with E-state index in [4.69, 9.17) is 4.74 Å². The van der Waals surface area contributed by atoms with Gasteiger partial charge in [0.05, 0.1) is 0 Å². The molecule has 1 unspecified atom stereocenters. The first kappa shape index (κ1) is 29.2. The van der Waals surface area contributed by atoms with Crippen LogP contribution in [0.15, 0.2) is 12.2 Å². The maximum Gasteiger partial charge on any atom is 0.326 e. The summed E-state index contributed by atoms with van der Waals surface area (Å²) in [6, 6.07) is -1.74. The predicted molar refractivity (Wildman–Crippen MR) is 137 cm³/mol. The average molecular weight is 528 g/mol. The number of nitrogens with one attached hydrogen (secondary N) is 3. The zero-order chi connectivity index (χ0) is 26.0. The Bertz CT molecular complexity index is 817. The first-order valence-corrected chi connectivity index (χ1v) is 14.6. The molecule has 2 heterocycles. The number of hydrogen-bond donors (Lipinski definition) is 3. The van der Waals surface area contributed by atoms with Crippen molar-refractivity contribution in [1.29, 1.82) is 0 Å². The molecule has 35 heavy (non-hydrogen) atoms. The van der Waals surface area contributed by atoms with E-state index in [9.17, 15) is 24.0 Å². The number of ketones is 1. The van der Waals surface area contributed by atoms with Crippen molar-refractivity contribution in [3.8, 4) is 0 Å². The molecule has 0 aromatic carbocycles. The van der Waals surface area contributed by atoms with Crippen LogP contribution in [0.4, 0.5) is 0 Å². The van der Waals surface area contributed by atoms with E-state index in [0.717, 1.165) is 5.75 Å². The number of esters is 1. The molecule has 196 valence electrons. The first-order chi connectivity index (χ1) is 16.6. The van der Waals surface area contributed by atoms with Crippen molar-refractivity contribution in [2.45, 2.75) is 71.6 Å². The number of amides is 3. The van der Waals surface area contributed by atoms with Gasteiger partial charge in [0.2, 0.25) is 17.7 Å². The van der Waals surface area contributed by atoms with E-state index >= 15 is 0 Å². The van der Waals surface area contributed by atoms with Gasteiger partial charge in [0, 0.05) is 30.3 Å². The molecule has 0 aliphatic carbocycles. The summed E-state index contributed by atoms with van der Waals surface area (Å²) in [6.45, 7) is 7.18. The minimum Gasteiger partial charge on any atom is -0.456 e. The van der Waals surface area contributed by atoms with Crippen molar-refractivity contribution in [3.05, 3.63) is 12.2 Å². The van der Waals surface area contributed by atoms with Crippen LogP contribution < -0.4 is 16.0 Å². The molecule has 2 bridgehead atoms. The molecule has 4 atom stereocenters. The SMILES string of the molecule is CC(C)C[C@@H]1NC(=O)[C@H]2CSSCC/C=C/C(CC(=O)C[C@H](C(C)C)C(=O)N2)OC(=O)CNC1=O. The van der Waals surface area contributed by atoms with Crippen LogP contribution in [0, 0.1) is 17.8 Å². The summed E-state index contributed by atoms with van der Waals surface area (Å²) in [7, 11) is 3.02. The number of ether oxygens (including phenoxy) is 1. The van der Waals surface area contributed by atoms with E-state index in [-0.39, 0.29) is 42.9 Å². The second-order valence-corrected chi connectivity index (χ2v) is 12.2. The van der Waals surface area contributed by atoms with Gasteiger partial charge >= 0.3 is 5.97 Å². The maximum atomic E-state index is 13.2. The van der Waals surface area contributed by atoms with Gasteiger partial charge < -0.3 is 20.7 Å². The second kappa shape index (κ2) is 14.5. The number of hydrogen-bond acceptors (Lipinski definition) is 8. The molecule has 2 rings (SSSR count). The van der Waals surface area contributed by atoms with Gasteiger partial charge in [0.25, 0.3) is 0 Å². The summed E-state index contributed by atoms with van der Waals surface area (Å²) < 4.78 is 5.48. The van der Waals surface area contributed by atoms with E-state index in [1.165, 1.54) is 10.8 Å². The van der Waals surface area contributed by atoms with Crippen molar-refractivity contribution in [2.24, 2.45) is 17.8 Å². The molecule has 3 N–H and O–H groups in total. The number of carbonyl (C=O) groups excluding carboxylic acids is 5. The number of fused-ring (bicyclic) bond motifs is 7. The zero-order valence-electron chi connectivity index (χ0n) is 20.8.